The summed E-state index contributed by atoms with van der Waals surface area (Å²) in [5.74, 6) is 1.67. The van der Waals surface area contributed by atoms with Crippen molar-refractivity contribution in [3.05, 3.63) is 0 Å². The van der Waals surface area contributed by atoms with Crippen LogP contribution in [0.15, 0.2) is 0 Å². The van der Waals surface area contributed by atoms with E-state index in [0.29, 0.717) is 5.41 Å². The minimum absolute atomic E-state index is 0. The van der Waals surface area contributed by atoms with E-state index in [1.807, 2.05) is 0 Å². The Kier molecular flexibility index (Phi) is 3.89. The first-order valence-electron chi connectivity index (χ1n) is 7.06. The van der Waals surface area contributed by atoms with Gasteiger partial charge >= 0.3 is 0 Å². The highest BCUT2D eigenvalue weighted by atomic mass is 35.5. The smallest absolute Gasteiger partial charge is 0.254 e. The van der Waals surface area contributed by atoms with Crippen LogP contribution in [0, 0.1) is 17.3 Å². The van der Waals surface area contributed by atoms with E-state index < -0.39 is 5.60 Å². The summed E-state index contributed by atoms with van der Waals surface area (Å²) in [7, 11) is 1.68. The topological polar surface area (TPSA) is 41.6 Å². The Hall–Kier alpha value is -0.320. The zero-order valence-electron chi connectivity index (χ0n) is 12.1. The average Bonchev–Trinajstić information content (AvgIpc) is 2.78. The monoisotopic (exact) mass is 288 g/mol. The van der Waals surface area contributed by atoms with Gasteiger partial charge in [0.2, 0.25) is 0 Å². The van der Waals surface area contributed by atoms with Crippen LogP contribution in [-0.2, 0) is 9.53 Å². The van der Waals surface area contributed by atoms with Gasteiger partial charge in [0.05, 0.1) is 0 Å². The molecule has 110 valence electrons. The lowest BCUT2D eigenvalue weighted by Gasteiger charge is -2.38. The summed E-state index contributed by atoms with van der Waals surface area (Å²) in [5, 5.41) is 3.30. The Balaban J connectivity index is 0.00000133. The van der Waals surface area contributed by atoms with Crippen LogP contribution in [0.1, 0.15) is 26.7 Å². The van der Waals surface area contributed by atoms with Gasteiger partial charge in [-0.2, -0.15) is 0 Å². The molecule has 2 atom stereocenters. The third kappa shape index (κ3) is 2.18. The zero-order chi connectivity index (χ0) is 13.0. The van der Waals surface area contributed by atoms with Gasteiger partial charge in [-0.1, -0.05) is 13.8 Å². The molecule has 5 heteroatoms. The molecular weight excluding hydrogens is 264 g/mol. The number of ether oxygens (including phenoxy) is 1. The first-order valence-corrected chi connectivity index (χ1v) is 7.06. The fourth-order valence-electron chi connectivity index (χ4n) is 3.92. The van der Waals surface area contributed by atoms with Gasteiger partial charge in [0.1, 0.15) is 5.60 Å². The molecule has 1 aliphatic carbocycles. The van der Waals surface area contributed by atoms with E-state index in [1.54, 1.807) is 7.11 Å². The van der Waals surface area contributed by atoms with Gasteiger partial charge in [0.25, 0.3) is 5.91 Å². The highest BCUT2D eigenvalue weighted by molar-refractivity contribution is 5.86. The number of hydrogen-bond donors (Lipinski definition) is 1. The molecule has 1 N–H and O–H groups in total. The first kappa shape index (κ1) is 15.1. The Bertz CT molecular complexity index is 352. The lowest BCUT2D eigenvalue weighted by atomic mass is 9.90. The van der Waals surface area contributed by atoms with Gasteiger partial charge < -0.3 is 15.0 Å². The average molecular weight is 289 g/mol. The van der Waals surface area contributed by atoms with Crippen molar-refractivity contribution in [2.24, 2.45) is 17.3 Å². The second kappa shape index (κ2) is 4.90. The van der Waals surface area contributed by atoms with Gasteiger partial charge in [-0.05, 0) is 43.2 Å². The van der Waals surface area contributed by atoms with E-state index in [0.717, 1.165) is 50.9 Å². The molecule has 0 bridgehead atoms. The summed E-state index contributed by atoms with van der Waals surface area (Å²) < 4.78 is 5.62. The Morgan fingerprint density at radius 2 is 1.74 bits per heavy atom. The lowest BCUT2D eigenvalue weighted by Crippen LogP contribution is -2.55. The van der Waals surface area contributed by atoms with Crippen LogP contribution in [0.3, 0.4) is 0 Å². The number of amides is 1. The molecular formula is C14H25ClN2O2. The van der Waals surface area contributed by atoms with E-state index in [9.17, 15) is 4.79 Å². The lowest BCUT2D eigenvalue weighted by molar-refractivity contribution is -0.158. The number of nitrogens with zero attached hydrogens (tertiary/aromatic N) is 1. The first-order chi connectivity index (χ1) is 8.51. The van der Waals surface area contributed by atoms with E-state index >= 15 is 0 Å². The van der Waals surface area contributed by atoms with Gasteiger partial charge in [-0.25, -0.2) is 0 Å². The maximum atomic E-state index is 12.7. The minimum atomic E-state index is -0.549. The maximum absolute atomic E-state index is 12.7. The quantitative estimate of drug-likeness (QED) is 0.833. The number of carbonyl (C=O) groups is 1. The summed E-state index contributed by atoms with van der Waals surface area (Å²) in [6, 6.07) is 0. The van der Waals surface area contributed by atoms with Gasteiger partial charge in [0.15, 0.2) is 0 Å². The third-order valence-corrected chi connectivity index (χ3v) is 5.60. The number of likely N-dealkylation sites (tertiary alicyclic amines) is 1. The largest absolute Gasteiger partial charge is 0.368 e. The number of fused-ring (bicyclic) bond motifs is 1. The zero-order valence-corrected chi connectivity index (χ0v) is 12.9. The highest BCUT2D eigenvalue weighted by Crippen LogP contribution is 2.62. The summed E-state index contributed by atoms with van der Waals surface area (Å²) >= 11 is 0. The number of carbonyl (C=O) groups excluding carboxylic acids is 1. The molecule has 0 aromatic rings. The fourth-order valence-corrected chi connectivity index (χ4v) is 3.92. The van der Waals surface area contributed by atoms with Crippen LogP contribution in [-0.4, -0.2) is 49.7 Å². The van der Waals surface area contributed by atoms with E-state index in [-0.39, 0.29) is 18.3 Å². The SMILES string of the molecule is COC1(C(=O)N2CC3C(C2)C3(C)C)CCNCC1.Cl. The molecule has 0 aromatic carbocycles. The maximum Gasteiger partial charge on any atom is 0.254 e. The molecule has 2 unspecified atom stereocenters. The third-order valence-electron chi connectivity index (χ3n) is 5.60. The molecule has 0 spiro atoms. The summed E-state index contributed by atoms with van der Waals surface area (Å²) in [6.45, 7) is 8.28. The van der Waals surface area contributed by atoms with Crippen molar-refractivity contribution in [3.63, 3.8) is 0 Å². The summed E-state index contributed by atoms with van der Waals surface area (Å²) in [6.07, 6.45) is 1.61. The molecule has 2 saturated heterocycles. The van der Waals surface area contributed by atoms with E-state index in [4.69, 9.17) is 4.74 Å². The molecule has 2 aliphatic heterocycles. The normalized spacial score (nSPS) is 34.4. The van der Waals surface area contributed by atoms with Crippen LogP contribution in [0.4, 0.5) is 0 Å². The predicted octanol–water partition coefficient (Wildman–Crippen LogP) is 1.29. The molecule has 1 saturated carbocycles. The van der Waals surface area contributed by atoms with E-state index in [1.165, 1.54) is 0 Å². The van der Waals surface area contributed by atoms with Crippen molar-refractivity contribution in [1.82, 2.24) is 10.2 Å². The van der Waals surface area contributed by atoms with Crippen LogP contribution >= 0.6 is 12.4 Å². The van der Waals surface area contributed by atoms with Crippen molar-refractivity contribution in [2.45, 2.75) is 32.3 Å². The van der Waals surface area contributed by atoms with Crippen LogP contribution < -0.4 is 5.32 Å². The second-order valence-electron chi connectivity index (χ2n) is 6.69. The molecule has 2 heterocycles. The fraction of sp³-hybridized carbons (Fsp3) is 0.929. The number of halogens is 1. The van der Waals surface area contributed by atoms with E-state index in [2.05, 4.69) is 24.1 Å². The van der Waals surface area contributed by atoms with Crippen molar-refractivity contribution in [1.29, 1.82) is 0 Å². The number of methoxy groups -OCH3 is 1. The number of nitrogens with one attached hydrogen (secondary N) is 1. The molecule has 3 aliphatic rings. The Morgan fingerprint density at radius 1 is 1.21 bits per heavy atom. The van der Waals surface area contributed by atoms with Crippen LogP contribution in [0.5, 0.6) is 0 Å². The molecule has 0 radical (unpaired) electrons. The van der Waals surface area contributed by atoms with Crippen molar-refractivity contribution in [2.75, 3.05) is 33.3 Å². The molecule has 1 amide bonds. The van der Waals surface area contributed by atoms with Crippen LogP contribution in [0.25, 0.3) is 0 Å². The van der Waals surface area contributed by atoms with Gasteiger partial charge in [-0.15, -0.1) is 12.4 Å². The molecule has 19 heavy (non-hydrogen) atoms. The molecule has 4 nitrogen and oxygen atoms in total. The van der Waals surface area contributed by atoms with Crippen molar-refractivity contribution in [3.8, 4) is 0 Å². The molecule has 3 rings (SSSR count). The molecule has 0 aromatic heterocycles. The van der Waals surface area contributed by atoms with Gasteiger partial charge in [0, 0.05) is 20.2 Å². The second-order valence-corrected chi connectivity index (χ2v) is 6.69. The standard InChI is InChI=1S/C14H24N2O2.ClH/c1-13(2)10-8-16(9-11(10)13)12(17)14(18-3)4-6-15-7-5-14;/h10-11,15H,4-9H2,1-3H3;1H. The number of hydrogen-bond acceptors (Lipinski definition) is 3. The van der Waals surface area contributed by atoms with Gasteiger partial charge in [-0.3, -0.25) is 4.79 Å². The molecule has 3 fully saturated rings. The minimum Gasteiger partial charge on any atom is -0.368 e. The highest BCUT2D eigenvalue weighted by Gasteiger charge is 2.63. The van der Waals surface area contributed by atoms with Crippen LogP contribution in [0.2, 0.25) is 0 Å². The summed E-state index contributed by atoms with van der Waals surface area (Å²) in [5.41, 5.74) is -0.0860. The Morgan fingerprint density at radius 3 is 2.21 bits per heavy atom. The Labute approximate surface area is 121 Å². The number of rotatable bonds is 2. The number of piperidine rings is 2. The summed E-state index contributed by atoms with van der Waals surface area (Å²) in [4.78, 5) is 14.8. The van der Waals surface area contributed by atoms with Crippen molar-refractivity contribution < 1.29 is 9.53 Å². The van der Waals surface area contributed by atoms with Crippen molar-refractivity contribution >= 4 is 18.3 Å². The predicted molar refractivity (Wildman–Crippen MR) is 76.4 cm³/mol.